The molecule has 8 heteroatoms. The Morgan fingerprint density at radius 3 is 2.17 bits per heavy atom. The Hall–Kier alpha value is -1.94. The molecule has 1 unspecified atom stereocenters. The van der Waals surface area contributed by atoms with E-state index in [1.807, 2.05) is 32.0 Å². The van der Waals surface area contributed by atoms with E-state index < -0.39 is 17.7 Å². The van der Waals surface area contributed by atoms with Gasteiger partial charge >= 0.3 is 31.0 Å². The third kappa shape index (κ3) is 10.4. The maximum absolute atomic E-state index is 12.7. The Bertz CT molecular complexity index is 767. The Labute approximate surface area is 181 Å². The zero-order chi connectivity index (χ0) is 21.3. The number of aliphatic carboxylic acids is 1. The number of ether oxygens (including phenoxy) is 1. The first kappa shape index (κ1) is 27.1. The third-order valence-corrected chi connectivity index (χ3v) is 3.75. The Morgan fingerprint density at radius 2 is 1.69 bits per heavy atom. The molecule has 29 heavy (non-hydrogen) atoms. The number of carboxylic acid groups (broad SMARTS) is 1. The fraction of sp³-hybridized carbons (Fsp3) is 0.333. The van der Waals surface area contributed by atoms with Crippen molar-refractivity contribution in [2.24, 2.45) is 5.73 Å². The van der Waals surface area contributed by atoms with Crippen LogP contribution >= 0.6 is 0 Å². The molecule has 0 saturated carbocycles. The quantitative estimate of drug-likeness (QED) is 0.575. The topological polar surface area (TPSA) is 72.5 Å². The van der Waals surface area contributed by atoms with Crippen LogP contribution in [-0.4, -0.2) is 11.1 Å². The number of alkyl halides is 3. The average Bonchev–Trinajstić information content (AvgIpc) is 2.61. The van der Waals surface area contributed by atoms with Crippen molar-refractivity contribution in [2.75, 3.05) is 0 Å². The minimum absolute atomic E-state index is 0. The van der Waals surface area contributed by atoms with Crippen LogP contribution in [0.3, 0.4) is 0 Å². The summed E-state index contributed by atoms with van der Waals surface area (Å²) in [6.45, 7) is 5.50. The first-order chi connectivity index (χ1) is 13.0. The fourth-order valence-electron chi connectivity index (χ4n) is 2.36. The van der Waals surface area contributed by atoms with Crippen LogP contribution in [0.1, 0.15) is 50.7 Å². The van der Waals surface area contributed by atoms with E-state index in [0.29, 0.717) is 5.75 Å². The van der Waals surface area contributed by atoms with Crippen LogP contribution in [0.15, 0.2) is 48.5 Å². The third-order valence-electron chi connectivity index (χ3n) is 3.75. The smallest absolute Gasteiger partial charge is 0.481 e. The van der Waals surface area contributed by atoms with E-state index >= 15 is 0 Å². The van der Waals surface area contributed by atoms with E-state index in [0.717, 1.165) is 30.2 Å². The molecular weight excluding hydrogens is 378 g/mol. The van der Waals surface area contributed by atoms with Crippen LogP contribution in [0.25, 0.3) is 0 Å². The second-order valence-electron chi connectivity index (χ2n) is 6.40. The molecule has 0 radical (unpaired) electrons. The van der Waals surface area contributed by atoms with Gasteiger partial charge in [-0.25, -0.2) is 0 Å². The van der Waals surface area contributed by atoms with E-state index in [2.05, 4.69) is 0 Å². The summed E-state index contributed by atoms with van der Waals surface area (Å²) < 4.78 is 43.8. The van der Waals surface area contributed by atoms with E-state index in [-0.39, 0.29) is 36.9 Å². The van der Waals surface area contributed by atoms with Gasteiger partial charge in [0.15, 0.2) is 0 Å². The molecule has 0 aliphatic heterocycles. The van der Waals surface area contributed by atoms with Crippen molar-refractivity contribution < 1.29 is 46.7 Å². The molecule has 0 amide bonds. The van der Waals surface area contributed by atoms with Crippen LogP contribution in [-0.2, 0) is 11.0 Å². The predicted molar refractivity (Wildman–Crippen MR) is 102 cm³/mol. The van der Waals surface area contributed by atoms with E-state index in [1.54, 1.807) is 13.0 Å². The second-order valence-corrected chi connectivity index (χ2v) is 6.40. The van der Waals surface area contributed by atoms with Crippen molar-refractivity contribution >= 4 is 5.97 Å². The van der Waals surface area contributed by atoms with Crippen molar-refractivity contribution in [2.45, 2.75) is 45.7 Å². The minimum atomic E-state index is -4.38. The van der Waals surface area contributed by atoms with Crippen LogP contribution in [0.2, 0.25) is 0 Å². The van der Waals surface area contributed by atoms with Gasteiger partial charge in [0, 0.05) is 6.42 Å². The number of benzene rings is 2. The molecule has 1 atom stereocenters. The van der Waals surface area contributed by atoms with Crippen LogP contribution in [0.4, 0.5) is 13.2 Å². The normalized spacial score (nSPS) is 11.7. The van der Waals surface area contributed by atoms with E-state index in [4.69, 9.17) is 15.6 Å². The van der Waals surface area contributed by atoms with Gasteiger partial charge in [0.05, 0.1) is 5.56 Å². The summed E-state index contributed by atoms with van der Waals surface area (Å²) in [4.78, 5) is 9.37. The summed E-state index contributed by atoms with van der Waals surface area (Å²) in [6.07, 6.45) is -3.42. The predicted octanol–water partition coefficient (Wildman–Crippen LogP) is 2.99. The van der Waals surface area contributed by atoms with Crippen molar-refractivity contribution in [3.63, 3.8) is 0 Å². The summed E-state index contributed by atoms with van der Waals surface area (Å²) in [5, 5.41) is 7.72. The summed E-state index contributed by atoms with van der Waals surface area (Å²) in [5.41, 5.74) is 6.03. The van der Waals surface area contributed by atoms with Gasteiger partial charge in [-0.2, -0.15) is 26.5 Å². The second kappa shape index (κ2) is 12.6. The molecule has 0 aliphatic carbocycles. The molecule has 4 nitrogen and oxygen atoms in total. The maximum Gasteiger partial charge on any atom is 1.00 e. The number of hydrogen-bond acceptors (Lipinski definition) is 3. The van der Waals surface area contributed by atoms with Gasteiger partial charge in [-0.15, -0.1) is 0 Å². The zero-order valence-electron chi connectivity index (χ0n) is 17.1. The summed E-state index contributed by atoms with van der Waals surface area (Å²) >= 11 is 0. The number of nitrogens with two attached hydrogens (primary N) is 1. The first-order valence-corrected chi connectivity index (χ1v) is 8.77. The molecule has 154 valence electrons. The molecule has 0 saturated heterocycles. The standard InChI is InChI=1S/C18H19F3NO.C3H6O2.Li/c1-12(9-13(2)22)14-5-3-7-16(10-14)23-17-8-4-6-15(11-17)18(19,20)21;1-2-3(4)5;/h3-8,10-12H,9,22H2,1-2H3;2H2,1H3,(H,4,5);/q-1;;+1. The molecule has 0 fully saturated rings. The molecule has 0 aromatic heterocycles. The van der Waals surface area contributed by atoms with Gasteiger partial charge in [-0.05, 0) is 41.8 Å². The van der Waals surface area contributed by atoms with E-state index in [9.17, 15) is 18.0 Å². The average molecular weight is 403 g/mol. The number of rotatable bonds is 6. The molecule has 0 spiro atoms. The maximum atomic E-state index is 12.7. The van der Waals surface area contributed by atoms with Crippen LogP contribution in [0, 0.1) is 6.04 Å². The fourth-order valence-corrected chi connectivity index (χ4v) is 2.36. The Morgan fingerprint density at radius 1 is 1.17 bits per heavy atom. The van der Waals surface area contributed by atoms with Gasteiger partial charge in [0.1, 0.15) is 11.5 Å². The Kier molecular flexibility index (Phi) is 11.7. The largest absolute Gasteiger partial charge is 1.00 e. The summed E-state index contributed by atoms with van der Waals surface area (Å²) in [5.74, 6) is 0.129. The SMILES string of the molecule is CCC(=O)O.C[C-](N)CC(C)c1cccc(Oc2cccc(C(F)(F)F)c2)c1.[Li+]. The molecule has 2 aromatic carbocycles. The molecular formula is C21H25F3LiNO3. The Balaban J connectivity index is 0.00000117. The zero-order valence-corrected chi connectivity index (χ0v) is 17.1. The van der Waals surface area contributed by atoms with Gasteiger partial charge in [-0.1, -0.05) is 32.0 Å². The van der Waals surface area contributed by atoms with Crippen molar-refractivity contribution in [1.29, 1.82) is 0 Å². The van der Waals surface area contributed by atoms with Gasteiger partial charge < -0.3 is 15.6 Å². The van der Waals surface area contributed by atoms with Gasteiger partial charge in [0.25, 0.3) is 0 Å². The number of hydrogen-bond donors (Lipinski definition) is 2. The van der Waals surface area contributed by atoms with Crippen molar-refractivity contribution in [1.82, 2.24) is 0 Å². The molecule has 2 aromatic rings. The van der Waals surface area contributed by atoms with E-state index in [1.165, 1.54) is 12.1 Å². The minimum Gasteiger partial charge on any atom is -0.481 e. The summed E-state index contributed by atoms with van der Waals surface area (Å²) in [6, 6.07) is 13.0. The number of halogens is 3. The molecule has 3 N–H and O–H groups in total. The van der Waals surface area contributed by atoms with Crippen molar-refractivity contribution in [3.8, 4) is 11.5 Å². The monoisotopic (exact) mass is 403 g/mol. The molecule has 0 heterocycles. The first-order valence-electron chi connectivity index (χ1n) is 8.77. The summed E-state index contributed by atoms with van der Waals surface area (Å²) in [7, 11) is 0. The van der Waals surface area contributed by atoms with Crippen molar-refractivity contribution in [3.05, 3.63) is 65.7 Å². The number of carbonyl (C=O) groups is 1. The molecule has 0 aliphatic rings. The number of carboxylic acids is 1. The molecule has 2 rings (SSSR count). The molecule has 0 bridgehead atoms. The van der Waals surface area contributed by atoms with Crippen LogP contribution < -0.4 is 29.3 Å². The van der Waals surface area contributed by atoms with Gasteiger partial charge in [-0.3, -0.25) is 10.8 Å². The van der Waals surface area contributed by atoms with Gasteiger partial charge in [0.2, 0.25) is 0 Å². The van der Waals surface area contributed by atoms with Crippen LogP contribution in [0.5, 0.6) is 11.5 Å².